The van der Waals surface area contributed by atoms with E-state index < -0.39 is 0 Å². The average Bonchev–Trinajstić information content (AvgIpc) is 2.66. The first-order valence-corrected chi connectivity index (χ1v) is 8.64. The van der Waals surface area contributed by atoms with Crippen LogP contribution >= 0.6 is 0 Å². The largest absolute Gasteiger partial charge is 0.490 e. The predicted molar refractivity (Wildman–Crippen MR) is 101 cm³/mol. The molecule has 0 aliphatic carbocycles. The number of carbonyl (C=O) groups is 2. The van der Waals surface area contributed by atoms with E-state index in [2.05, 4.69) is 10.6 Å². The van der Waals surface area contributed by atoms with Gasteiger partial charge in [0.15, 0.2) is 0 Å². The number of amides is 2. The molecule has 0 atom stereocenters. The number of ether oxygens (including phenoxy) is 2. The zero-order valence-electron chi connectivity index (χ0n) is 15.1. The molecule has 0 heterocycles. The predicted octanol–water partition coefficient (Wildman–Crippen LogP) is 3.10. The summed E-state index contributed by atoms with van der Waals surface area (Å²) in [6, 6.07) is 13.8. The van der Waals surface area contributed by atoms with E-state index in [1.807, 2.05) is 19.9 Å². The highest BCUT2D eigenvalue weighted by Crippen LogP contribution is 2.20. The molecule has 0 saturated heterocycles. The highest BCUT2D eigenvalue weighted by molar-refractivity contribution is 6.06. The maximum atomic E-state index is 12.6. The molecule has 2 aromatic rings. The quantitative estimate of drug-likeness (QED) is 0.677. The molecule has 2 rings (SSSR count). The van der Waals surface area contributed by atoms with E-state index in [4.69, 9.17) is 9.47 Å². The molecule has 6 heteroatoms. The second kappa shape index (κ2) is 10.2. The molecule has 0 radical (unpaired) electrons. The fourth-order valence-electron chi connectivity index (χ4n) is 2.33. The van der Waals surface area contributed by atoms with Gasteiger partial charge in [0.05, 0.1) is 12.2 Å². The summed E-state index contributed by atoms with van der Waals surface area (Å²) < 4.78 is 10.9. The molecule has 0 aromatic heterocycles. The van der Waals surface area contributed by atoms with Crippen molar-refractivity contribution in [3.8, 4) is 5.75 Å². The molecule has 0 aliphatic heterocycles. The molecule has 138 valence electrons. The van der Waals surface area contributed by atoms with Gasteiger partial charge in [-0.1, -0.05) is 18.2 Å². The first-order valence-electron chi connectivity index (χ1n) is 8.64. The minimum Gasteiger partial charge on any atom is -0.490 e. The number of carbonyl (C=O) groups excluding carboxylic acids is 2. The first-order chi connectivity index (χ1) is 12.7. The van der Waals surface area contributed by atoms with Crippen LogP contribution in [0.25, 0.3) is 0 Å². The number of rotatable bonds is 9. The third kappa shape index (κ3) is 5.60. The van der Waals surface area contributed by atoms with Crippen LogP contribution in [0.15, 0.2) is 48.5 Å². The summed E-state index contributed by atoms with van der Waals surface area (Å²) in [6.07, 6.45) is 0. The van der Waals surface area contributed by atoms with Crippen LogP contribution in [0.2, 0.25) is 0 Å². The van der Waals surface area contributed by atoms with E-state index in [0.29, 0.717) is 48.9 Å². The van der Waals surface area contributed by atoms with E-state index in [9.17, 15) is 9.59 Å². The molecule has 2 N–H and O–H groups in total. The minimum absolute atomic E-state index is 0.178. The fourth-order valence-corrected chi connectivity index (χ4v) is 2.33. The van der Waals surface area contributed by atoms with Crippen molar-refractivity contribution in [2.24, 2.45) is 0 Å². The van der Waals surface area contributed by atoms with Crippen LogP contribution in [-0.2, 0) is 4.74 Å². The van der Waals surface area contributed by atoms with Gasteiger partial charge in [-0.15, -0.1) is 0 Å². The maximum Gasteiger partial charge on any atom is 0.259 e. The zero-order chi connectivity index (χ0) is 18.8. The van der Waals surface area contributed by atoms with E-state index in [0.717, 1.165) is 0 Å². The Morgan fingerprint density at radius 1 is 0.962 bits per heavy atom. The van der Waals surface area contributed by atoms with Crippen LogP contribution in [0.3, 0.4) is 0 Å². The lowest BCUT2D eigenvalue weighted by atomic mass is 10.1. The summed E-state index contributed by atoms with van der Waals surface area (Å²) in [4.78, 5) is 24.5. The van der Waals surface area contributed by atoms with Crippen molar-refractivity contribution < 1.29 is 19.1 Å². The van der Waals surface area contributed by atoms with E-state index in [1.165, 1.54) is 0 Å². The molecule has 2 aromatic carbocycles. The lowest BCUT2D eigenvalue weighted by Gasteiger charge is -2.12. The molecule has 2 amide bonds. The average molecular weight is 356 g/mol. The Labute approximate surface area is 153 Å². The van der Waals surface area contributed by atoms with E-state index >= 15 is 0 Å². The number of hydrogen-bond donors (Lipinski definition) is 2. The monoisotopic (exact) mass is 356 g/mol. The normalized spacial score (nSPS) is 10.2. The molecular formula is C20H24N2O4. The van der Waals surface area contributed by atoms with Crippen LogP contribution in [0.4, 0.5) is 5.69 Å². The highest BCUT2D eigenvalue weighted by atomic mass is 16.5. The number of hydrogen-bond acceptors (Lipinski definition) is 4. The molecule has 26 heavy (non-hydrogen) atoms. The lowest BCUT2D eigenvalue weighted by Crippen LogP contribution is -2.22. The standard InChI is InChI=1S/C20H24N2O4/c1-3-21-19(23)15-8-7-9-16(14-15)22-20(24)17-10-5-6-11-18(17)26-13-12-25-4-2/h5-11,14H,3-4,12-13H2,1-2H3,(H,21,23)(H,22,24). The number of para-hydroxylation sites is 1. The van der Waals surface area contributed by atoms with Crippen molar-refractivity contribution in [1.82, 2.24) is 5.32 Å². The molecule has 0 saturated carbocycles. The van der Waals surface area contributed by atoms with Crippen molar-refractivity contribution >= 4 is 17.5 Å². The van der Waals surface area contributed by atoms with Crippen LogP contribution in [0.1, 0.15) is 34.6 Å². The summed E-state index contributed by atoms with van der Waals surface area (Å²) in [6.45, 7) is 5.75. The van der Waals surface area contributed by atoms with Gasteiger partial charge in [0.25, 0.3) is 11.8 Å². The van der Waals surface area contributed by atoms with Gasteiger partial charge >= 0.3 is 0 Å². The summed E-state index contributed by atoms with van der Waals surface area (Å²) in [5.41, 5.74) is 1.46. The zero-order valence-corrected chi connectivity index (χ0v) is 15.1. The Balaban J connectivity index is 2.08. The fraction of sp³-hybridized carbons (Fsp3) is 0.300. The molecule has 0 unspecified atom stereocenters. The van der Waals surface area contributed by atoms with Gasteiger partial charge in [0.2, 0.25) is 0 Å². The molecule has 0 bridgehead atoms. The number of nitrogens with one attached hydrogen (secondary N) is 2. The molecule has 0 aliphatic rings. The van der Waals surface area contributed by atoms with Crippen LogP contribution in [-0.4, -0.2) is 38.2 Å². The SMILES string of the molecule is CCNC(=O)c1cccc(NC(=O)c2ccccc2OCCOCC)c1. The third-order valence-corrected chi connectivity index (χ3v) is 3.54. The topological polar surface area (TPSA) is 76.7 Å². The first kappa shape index (κ1) is 19.5. The van der Waals surface area contributed by atoms with Crippen LogP contribution in [0.5, 0.6) is 5.75 Å². The highest BCUT2D eigenvalue weighted by Gasteiger charge is 2.13. The van der Waals surface area contributed by atoms with Gasteiger partial charge < -0.3 is 20.1 Å². The van der Waals surface area contributed by atoms with Gasteiger partial charge in [-0.05, 0) is 44.2 Å². The summed E-state index contributed by atoms with van der Waals surface area (Å²) >= 11 is 0. The van der Waals surface area contributed by atoms with Crippen molar-refractivity contribution in [2.45, 2.75) is 13.8 Å². The minimum atomic E-state index is -0.301. The molecular weight excluding hydrogens is 332 g/mol. The van der Waals surface area contributed by atoms with Crippen molar-refractivity contribution in [2.75, 3.05) is 31.7 Å². The molecule has 0 fully saturated rings. The van der Waals surface area contributed by atoms with Crippen LogP contribution in [0, 0.1) is 0 Å². The third-order valence-electron chi connectivity index (χ3n) is 3.54. The second-order valence-electron chi connectivity index (χ2n) is 5.44. The number of benzene rings is 2. The molecule has 0 spiro atoms. The number of anilines is 1. The second-order valence-corrected chi connectivity index (χ2v) is 5.44. The maximum absolute atomic E-state index is 12.6. The Hall–Kier alpha value is -2.86. The van der Waals surface area contributed by atoms with E-state index in [1.54, 1.807) is 42.5 Å². The van der Waals surface area contributed by atoms with Gasteiger partial charge in [-0.2, -0.15) is 0 Å². The van der Waals surface area contributed by atoms with Crippen molar-refractivity contribution in [1.29, 1.82) is 0 Å². The Bertz CT molecular complexity index is 746. The summed E-state index contributed by atoms with van der Waals surface area (Å²) in [5, 5.41) is 5.54. The van der Waals surface area contributed by atoms with Crippen molar-refractivity contribution in [3.05, 3.63) is 59.7 Å². The Morgan fingerprint density at radius 3 is 2.54 bits per heavy atom. The summed E-state index contributed by atoms with van der Waals surface area (Å²) in [7, 11) is 0. The van der Waals surface area contributed by atoms with Crippen LogP contribution < -0.4 is 15.4 Å². The Morgan fingerprint density at radius 2 is 1.77 bits per heavy atom. The van der Waals surface area contributed by atoms with E-state index in [-0.39, 0.29) is 11.8 Å². The van der Waals surface area contributed by atoms with Gasteiger partial charge in [0.1, 0.15) is 12.4 Å². The smallest absolute Gasteiger partial charge is 0.259 e. The van der Waals surface area contributed by atoms with Gasteiger partial charge in [-0.25, -0.2) is 0 Å². The molecule has 6 nitrogen and oxygen atoms in total. The Kier molecular flexibility index (Phi) is 7.64. The van der Waals surface area contributed by atoms with Crippen molar-refractivity contribution in [3.63, 3.8) is 0 Å². The summed E-state index contributed by atoms with van der Waals surface area (Å²) in [5.74, 6) is 0.0119. The van der Waals surface area contributed by atoms with Gasteiger partial charge in [0, 0.05) is 24.4 Å². The van der Waals surface area contributed by atoms with Gasteiger partial charge in [-0.3, -0.25) is 9.59 Å². The lowest BCUT2D eigenvalue weighted by molar-refractivity contribution is 0.0954.